The van der Waals surface area contributed by atoms with Crippen LogP contribution in [0.3, 0.4) is 0 Å². The number of aromatic nitrogens is 2. The predicted octanol–water partition coefficient (Wildman–Crippen LogP) is 5.08. The summed E-state index contributed by atoms with van der Waals surface area (Å²) in [7, 11) is 0. The quantitative estimate of drug-likeness (QED) is 0.655. The largest absolute Gasteiger partial charge is 0.329 e. The van der Waals surface area contributed by atoms with E-state index in [1.54, 1.807) is 0 Å². The van der Waals surface area contributed by atoms with Gasteiger partial charge in [-0.3, -0.25) is 0 Å². The number of rotatable bonds is 2. The predicted molar refractivity (Wildman–Crippen MR) is 85.0 cm³/mol. The summed E-state index contributed by atoms with van der Waals surface area (Å²) in [6, 6.07) is 8.10. The molecule has 0 radical (unpaired) electrons. The first-order valence-corrected chi connectivity index (χ1v) is 7.59. The number of thiophene rings is 1. The Hall–Kier alpha value is -1.10. The number of imidazole rings is 1. The fourth-order valence-electron chi connectivity index (χ4n) is 2.19. The average molecular weight is 309 g/mol. The topological polar surface area (TPSA) is 20.7 Å². The third-order valence-corrected chi connectivity index (χ3v) is 5.07. The minimum absolute atomic E-state index is 0.709. The molecule has 0 bridgehead atoms. The van der Waals surface area contributed by atoms with Crippen LogP contribution in [0.2, 0.25) is 5.02 Å². The molecule has 0 spiro atoms. The van der Waals surface area contributed by atoms with Crippen molar-refractivity contribution in [3.8, 4) is 0 Å². The van der Waals surface area contributed by atoms with Gasteiger partial charge < -0.3 is 9.55 Å². The van der Waals surface area contributed by atoms with E-state index in [1.807, 2.05) is 29.5 Å². The number of benzene rings is 1. The first-order valence-electron chi connectivity index (χ1n) is 5.99. The number of fused-ring (bicyclic) bond motifs is 1. The number of nitrogens with zero attached hydrogens (tertiary/aromatic N) is 1. The molecule has 0 saturated carbocycles. The number of H-pyrrole nitrogens is 1. The minimum Gasteiger partial charge on any atom is -0.329 e. The molecule has 0 aliphatic carbocycles. The Bertz CT molecular complexity index is 791. The van der Waals surface area contributed by atoms with E-state index >= 15 is 0 Å². The second-order valence-electron chi connectivity index (χ2n) is 4.60. The van der Waals surface area contributed by atoms with Gasteiger partial charge in [-0.1, -0.05) is 17.7 Å². The molecule has 0 aliphatic rings. The Morgan fingerprint density at radius 2 is 2.16 bits per heavy atom. The van der Waals surface area contributed by atoms with Gasteiger partial charge in [-0.05, 0) is 49.8 Å². The molecule has 2 nitrogen and oxygen atoms in total. The van der Waals surface area contributed by atoms with Gasteiger partial charge in [-0.15, -0.1) is 11.3 Å². The number of hydrogen-bond acceptors (Lipinski definition) is 2. The van der Waals surface area contributed by atoms with E-state index in [-0.39, 0.29) is 0 Å². The molecule has 1 aromatic carbocycles. The summed E-state index contributed by atoms with van der Waals surface area (Å²) in [5.41, 5.74) is 3.31. The van der Waals surface area contributed by atoms with Crippen LogP contribution in [-0.2, 0) is 6.54 Å². The van der Waals surface area contributed by atoms with Gasteiger partial charge >= 0.3 is 0 Å². The van der Waals surface area contributed by atoms with Crippen molar-refractivity contribution in [1.82, 2.24) is 9.55 Å². The Kier molecular flexibility index (Phi) is 3.25. The maximum Gasteiger partial charge on any atom is 0.178 e. The normalized spacial score (nSPS) is 11.3. The number of aryl methyl sites for hydroxylation is 2. The second kappa shape index (κ2) is 4.78. The Labute approximate surface area is 125 Å². The van der Waals surface area contributed by atoms with Crippen molar-refractivity contribution in [2.24, 2.45) is 0 Å². The van der Waals surface area contributed by atoms with Gasteiger partial charge in [0.1, 0.15) is 0 Å². The Morgan fingerprint density at radius 3 is 2.84 bits per heavy atom. The van der Waals surface area contributed by atoms with Crippen LogP contribution in [-0.4, -0.2) is 9.55 Å². The minimum atomic E-state index is 0.709. The first kappa shape index (κ1) is 12.9. The van der Waals surface area contributed by atoms with Crippen LogP contribution < -0.4 is 0 Å². The monoisotopic (exact) mass is 308 g/mol. The lowest BCUT2D eigenvalue weighted by molar-refractivity contribution is 0.823. The second-order valence-corrected chi connectivity index (χ2v) is 6.74. The van der Waals surface area contributed by atoms with E-state index in [2.05, 4.69) is 29.5 Å². The van der Waals surface area contributed by atoms with Crippen LogP contribution in [0.1, 0.15) is 15.3 Å². The van der Waals surface area contributed by atoms with Crippen molar-refractivity contribution < 1.29 is 0 Å². The molecule has 3 rings (SSSR count). The van der Waals surface area contributed by atoms with E-state index in [1.165, 1.54) is 15.3 Å². The van der Waals surface area contributed by atoms with Crippen molar-refractivity contribution in [1.29, 1.82) is 0 Å². The Balaban J connectivity index is 2.13. The van der Waals surface area contributed by atoms with E-state index in [4.69, 9.17) is 23.8 Å². The molecule has 0 fully saturated rings. The zero-order valence-corrected chi connectivity index (χ0v) is 13.0. The van der Waals surface area contributed by atoms with E-state index in [0.29, 0.717) is 9.79 Å². The van der Waals surface area contributed by atoms with Gasteiger partial charge in [-0.25, -0.2) is 0 Å². The summed E-state index contributed by atoms with van der Waals surface area (Å²) in [4.78, 5) is 5.86. The van der Waals surface area contributed by atoms with Crippen LogP contribution in [0.15, 0.2) is 24.3 Å². The maximum atomic E-state index is 6.19. The zero-order chi connectivity index (χ0) is 13.6. The van der Waals surface area contributed by atoms with Crippen molar-refractivity contribution in [3.63, 3.8) is 0 Å². The van der Waals surface area contributed by atoms with E-state index < -0.39 is 0 Å². The van der Waals surface area contributed by atoms with Crippen LogP contribution in [0, 0.1) is 18.6 Å². The lowest BCUT2D eigenvalue weighted by Crippen LogP contribution is -1.97. The van der Waals surface area contributed by atoms with Gasteiger partial charge in [0.05, 0.1) is 22.6 Å². The molecule has 0 unspecified atom stereocenters. The standard InChI is InChI=1S/C14H13ClN2S2/c1-8-6-10(19-9(8)2)7-17-12-5-3-4-11(15)13(12)16-14(17)18/h3-6H,7H2,1-2H3,(H,16,18). The van der Waals surface area contributed by atoms with Gasteiger partial charge in [-0.2, -0.15) is 0 Å². The fraction of sp³-hybridized carbons (Fsp3) is 0.214. The van der Waals surface area contributed by atoms with Crippen LogP contribution in [0.4, 0.5) is 0 Å². The highest BCUT2D eigenvalue weighted by molar-refractivity contribution is 7.71. The first-order chi connectivity index (χ1) is 9.06. The van der Waals surface area contributed by atoms with Gasteiger partial charge in [0.2, 0.25) is 0 Å². The van der Waals surface area contributed by atoms with Gasteiger partial charge in [0.25, 0.3) is 0 Å². The molecule has 5 heteroatoms. The molecule has 1 N–H and O–H groups in total. The molecule has 98 valence electrons. The molecule has 2 aromatic heterocycles. The number of nitrogens with one attached hydrogen (secondary N) is 1. The number of aromatic amines is 1. The summed E-state index contributed by atoms with van der Waals surface area (Å²) >= 11 is 13.4. The molecular formula is C14H13ClN2S2. The van der Waals surface area contributed by atoms with E-state index in [9.17, 15) is 0 Å². The molecule has 2 heterocycles. The summed E-state index contributed by atoms with van der Waals surface area (Å²) in [6.45, 7) is 5.08. The van der Waals surface area contributed by atoms with Crippen LogP contribution in [0.25, 0.3) is 11.0 Å². The van der Waals surface area contributed by atoms with Crippen molar-refractivity contribution in [2.45, 2.75) is 20.4 Å². The molecule has 19 heavy (non-hydrogen) atoms. The highest BCUT2D eigenvalue weighted by Gasteiger charge is 2.09. The molecule has 0 amide bonds. The smallest absolute Gasteiger partial charge is 0.178 e. The average Bonchev–Trinajstić information content (AvgIpc) is 2.84. The number of para-hydroxylation sites is 1. The summed E-state index contributed by atoms with van der Waals surface area (Å²) in [6.07, 6.45) is 0. The molecular weight excluding hydrogens is 296 g/mol. The SMILES string of the molecule is Cc1cc(Cn2c(=S)[nH]c3c(Cl)cccc32)sc1C. The summed E-state index contributed by atoms with van der Waals surface area (Å²) in [5, 5.41) is 0.709. The van der Waals surface area contributed by atoms with Crippen molar-refractivity contribution in [2.75, 3.05) is 0 Å². The number of halogens is 1. The molecule has 0 aliphatic heterocycles. The number of hydrogen-bond donors (Lipinski definition) is 1. The highest BCUT2D eigenvalue weighted by atomic mass is 35.5. The lowest BCUT2D eigenvalue weighted by atomic mass is 10.3. The van der Waals surface area contributed by atoms with E-state index in [0.717, 1.165) is 17.6 Å². The lowest BCUT2D eigenvalue weighted by Gasteiger charge is -2.02. The van der Waals surface area contributed by atoms with Crippen LogP contribution in [0.5, 0.6) is 0 Å². The van der Waals surface area contributed by atoms with Crippen molar-refractivity contribution in [3.05, 3.63) is 49.4 Å². The van der Waals surface area contributed by atoms with Crippen molar-refractivity contribution >= 4 is 46.2 Å². The Morgan fingerprint density at radius 1 is 1.37 bits per heavy atom. The maximum absolute atomic E-state index is 6.19. The molecule has 3 aromatic rings. The third kappa shape index (κ3) is 2.24. The third-order valence-electron chi connectivity index (χ3n) is 3.29. The van der Waals surface area contributed by atoms with Crippen LogP contribution >= 0.6 is 35.2 Å². The zero-order valence-electron chi connectivity index (χ0n) is 10.7. The molecule has 0 atom stereocenters. The van der Waals surface area contributed by atoms with Gasteiger partial charge in [0, 0.05) is 9.75 Å². The molecule has 0 saturated heterocycles. The summed E-state index contributed by atoms with van der Waals surface area (Å²) < 4.78 is 2.81. The fourth-order valence-corrected chi connectivity index (χ4v) is 3.71. The highest BCUT2D eigenvalue weighted by Crippen LogP contribution is 2.26. The van der Waals surface area contributed by atoms with Gasteiger partial charge in [0.15, 0.2) is 4.77 Å². The summed E-state index contributed by atoms with van der Waals surface area (Å²) in [5.74, 6) is 0.